The van der Waals surface area contributed by atoms with E-state index in [2.05, 4.69) is 20.5 Å². The molecule has 0 saturated carbocycles. The second-order valence-corrected chi connectivity index (χ2v) is 6.35. The van der Waals surface area contributed by atoms with Gasteiger partial charge in [0.1, 0.15) is 5.75 Å². The molecule has 26 heavy (non-hydrogen) atoms. The van der Waals surface area contributed by atoms with Crippen LogP contribution in [0, 0.1) is 0 Å². The number of urea groups is 1. The fraction of sp³-hybridized carbons (Fsp3) is 0.400. The van der Waals surface area contributed by atoms with E-state index in [-0.39, 0.29) is 6.03 Å². The van der Waals surface area contributed by atoms with Crippen molar-refractivity contribution in [3.8, 4) is 5.75 Å². The quantitative estimate of drug-likeness (QED) is 0.765. The van der Waals surface area contributed by atoms with Crippen LogP contribution in [0.2, 0.25) is 0 Å². The molecule has 0 unspecified atom stereocenters. The van der Waals surface area contributed by atoms with E-state index < -0.39 is 0 Å². The minimum Gasteiger partial charge on any atom is -0.491 e. The molecule has 2 heterocycles. The first kappa shape index (κ1) is 18.2. The van der Waals surface area contributed by atoms with Crippen LogP contribution in [0.15, 0.2) is 48.7 Å². The molecule has 1 fully saturated rings. The van der Waals surface area contributed by atoms with E-state index in [4.69, 9.17) is 4.74 Å². The number of carbonyl (C=O) groups is 1. The fourth-order valence-corrected chi connectivity index (χ4v) is 3.01. The maximum absolute atomic E-state index is 12.1. The predicted octanol–water partition coefficient (Wildman–Crippen LogP) is 2.92. The Balaban J connectivity index is 1.44. The van der Waals surface area contributed by atoms with Crippen LogP contribution < -0.4 is 15.4 Å². The Morgan fingerprint density at radius 3 is 2.73 bits per heavy atom. The van der Waals surface area contributed by atoms with Crippen molar-refractivity contribution >= 4 is 11.7 Å². The molecule has 1 aliphatic heterocycles. The number of benzene rings is 1. The molecule has 2 aromatic rings. The molecule has 0 bridgehead atoms. The molecule has 6 nitrogen and oxygen atoms in total. The SMILES string of the molecule is O=C(NCCN1CCCC1)Nc1ccccc1OCCc1ccccn1. The number of hydrogen-bond acceptors (Lipinski definition) is 4. The molecule has 1 aromatic heterocycles. The van der Waals surface area contributed by atoms with E-state index in [0.717, 1.165) is 31.7 Å². The number of nitrogens with zero attached hydrogens (tertiary/aromatic N) is 2. The number of aromatic nitrogens is 1. The maximum Gasteiger partial charge on any atom is 0.319 e. The average molecular weight is 354 g/mol. The van der Waals surface area contributed by atoms with Crippen LogP contribution in [0.25, 0.3) is 0 Å². The van der Waals surface area contributed by atoms with Crippen LogP contribution in [-0.4, -0.2) is 48.7 Å². The molecule has 2 amide bonds. The summed E-state index contributed by atoms with van der Waals surface area (Å²) in [6.45, 7) is 4.32. The van der Waals surface area contributed by atoms with Gasteiger partial charge in [-0.25, -0.2) is 4.79 Å². The normalized spacial score (nSPS) is 14.2. The summed E-state index contributed by atoms with van der Waals surface area (Å²) in [4.78, 5) is 18.8. The Kier molecular flexibility index (Phi) is 6.84. The molecule has 2 N–H and O–H groups in total. The number of rotatable bonds is 8. The number of para-hydroxylation sites is 2. The van der Waals surface area contributed by atoms with Gasteiger partial charge >= 0.3 is 6.03 Å². The van der Waals surface area contributed by atoms with Crippen LogP contribution in [0.3, 0.4) is 0 Å². The Bertz CT molecular complexity index is 687. The third kappa shape index (κ3) is 5.74. The first-order valence-electron chi connectivity index (χ1n) is 9.20. The topological polar surface area (TPSA) is 66.5 Å². The summed E-state index contributed by atoms with van der Waals surface area (Å²) in [7, 11) is 0. The van der Waals surface area contributed by atoms with Crippen molar-refractivity contribution in [1.82, 2.24) is 15.2 Å². The largest absolute Gasteiger partial charge is 0.491 e. The lowest BCUT2D eigenvalue weighted by Gasteiger charge is -2.16. The standard InChI is InChI=1S/C20H26N4O2/c25-20(22-12-15-24-13-5-6-14-24)23-18-8-1-2-9-19(18)26-16-10-17-7-3-4-11-21-17/h1-4,7-9,11H,5-6,10,12-16H2,(H2,22,23,25). The highest BCUT2D eigenvalue weighted by Crippen LogP contribution is 2.23. The zero-order valence-corrected chi connectivity index (χ0v) is 15.0. The highest BCUT2D eigenvalue weighted by Gasteiger charge is 2.12. The highest BCUT2D eigenvalue weighted by atomic mass is 16.5. The van der Waals surface area contributed by atoms with E-state index in [1.54, 1.807) is 6.20 Å². The van der Waals surface area contributed by atoms with Crippen LogP contribution in [0.1, 0.15) is 18.5 Å². The highest BCUT2D eigenvalue weighted by molar-refractivity contribution is 5.90. The lowest BCUT2D eigenvalue weighted by molar-refractivity contribution is 0.249. The predicted molar refractivity (Wildman–Crippen MR) is 103 cm³/mol. The monoisotopic (exact) mass is 354 g/mol. The lowest BCUT2D eigenvalue weighted by atomic mass is 10.2. The molecule has 0 spiro atoms. The number of likely N-dealkylation sites (tertiary alicyclic amines) is 1. The van der Waals surface area contributed by atoms with Gasteiger partial charge in [0.15, 0.2) is 0 Å². The van der Waals surface area contributed by atoms with Gasteiger partial charge in [0.25, 0.3) is 0 Å². The Morgan fingerprint density at radius 2 is 1.92 bits per heavy atom. The average Bonchev–Trinajstić information content (AvgIpc) is 3.17. The molecule has 0 atom stereocenters. The maximum atomic E-state index is 12.1. The zero-order chi connectivity index (χ0) is 18.0. The van der Waals surface area contributed by atoms with Gasteiger partial charge in [-0.3, -0.25) is 4.98 Å². The van der Waals surface area contributed by atoms with Gasteiger partial charge < -0.3 is 20.3 Å². The number of anilines is 1. The number of pyridine rings is 1. The minimum absolute atomic E-state index is 0.204. The number of nitrogens with one attached hydrogen (secondary N) is 2. The van der Waals surface area contributed by atoms with Gasteiger partial charge in [-0.15, -0.1) is 0 Å². The van der Waals surface area contributed by atoms with Crippen molar-refractivity contribution in [3.63, 3.8) is 0 Å². The van der Waals surface area contributed by atoms with E-state index in [1.165, 1.54) is 12.8 Å². The fourth-order valence-electron chi connectivity index (χ4n) is 3.01. The summed E-state index contributed by atoms with van der Waals surface area (Å²) < 4.78 is 5.84. The molecule has 0 radical (unpaired) electrons. The molecular formula is C20H26N4O2. The molecular weight excluding hydrogens is 328 g/mol. The molecule has 1 aromatic carbocycles. The van der Waals surface area contributed by atoms with E-state index >= 15 is 0 Å². The van der Waals surface area contributed by atoms with Crippen molar-refractivity contribution in [2.75, 3.05) is 38.1 Å². The van der Waals surface area contributed by atoms with E-state index in [9.17, 15) is 4.79 Å². The molecule has 138 valence electrons. The van der Waals surface area contributed by atoms with E-state index in [1.807, 2.05) is 42.5 Å². The third-order valence-electron chi connectivity index (χ3n) is 4.39. The molecule has 6 heteroatoms. The van der Waals surface area contributed by atoms with Gasteiger partial charge in [0, 0.05) is 31.4 Å². The van der Waals surface area contributed by atoms with Gasteiger partial charge in [-0.05, 0) is 50.2 Å². The van der Waals surface area contributed by atoms with Gasteiger partial charge in [0.2, 0.25) is 0 Å². The number of ether oxygens (including phenoxy) is 1. The second-order valence-electron chi connectivity index (χ2n) is 6.35. The van der Waals surface area contributed by atoms with Crippen molar-refractivity contribution < 1.29 is 9.53 Å². The molecule has 1 saturated heterocycles. The molecule has 1 aliphatic rings. The molecule has 3 rings (SSSR count). The van der Waals surface area contributed by atoms with Crippen molar-refractivity contribution in [2.45, 2.75) is 19.3 Å². The van der Waals surface area contributed by atoms with Crippen LogP contribution in [0.5, 0.6) is 5.75 Å². The summed E-state index contributed by atoms with van der Waals surface area (Å²) in [5, 5.41) is 5.79. The smallest absolute Gasteiger partial charge is 0.319 e. The van der Waals surface area contributed by atoms with Gasteiger partial charge in [-0.2, -0.15) is 0 Å². The third-order valence-corrected chi connectivity index (χ3v) is 4.39. The summed E-state index contributed by atoms with van der Waals surface area (Å²) in [5.41, 5.74) is 1.66. The van der Waals surface area contributed by atoms with Crippen molar-refractivity contribution in [2.24, 2.45) is 0 Å². The Hall–Kier alpha value is -2.60. The van der Waals surface area contributed by atoms with Crippen LogP contribution in [-0.2, 0) is 6.42 Å². The van der Waals surface area contributed by atoms with Crippen LogP contribution in [0.4, 0.5) is 10.5 Å². The second kappa shape index (κ2) is 9.77. The Morgan fingerprint density at radius 1 is 1.12 bits per heavy atom. The van der Waals surface area contributed by atoms with E-state index in [0.29, 0.717) is 24.6 Å². The zero-order valence-electron chi connectivity index (χ0n) is 15.0. The number of hydrogen-bond donors (Lipinski definition) is 2. The summed E-state index contributed by atoms with van der Waals surface area (Å²) >= 11 is 0. The summed E-state index contributed by atoms with van der Waals surface area (Å²) in [6, 6.07) is 13.1. The lowest BCUT2D eigenvalue weighted by Crippen LogP contribution is -2.36. The first-order valence-corrected chi connectivity index (χ1v) is 9.20. The minimum atomic E-state index is -0.204. The summed E-state index contributed by atoms with van der Waals surface area (Å²) in [5.74, 6) is 0.665. The van der Waals surface area contributed by atoms with Crippen molar-refractivity contribution in [1.29, 1.82) is 0 Å². The van der Waals surface area contributed by atoms with Gasteiger partial charge in [-0.1, -0.05) is 18.2 Å². The summed E-state index contributed by atoms with van der Waals surface area (Å²) in [6.07, 6.45) is 5.01. The number of carbonyl (C=O) groups excluding carboxylic acids is 1. The van der Waals surface area contributed by atoms with Gasteiger partial charge in [0.05, 0.1) is 12.3 Å². The Labute approximate surface area is 154 Å². The molecule has 0 aliphatic carbocycles. The first-order chi connectivity index (χ1) is 12.8. The van der Waals surface area contributed by atoms with Crippen LogP contribution >= 0.6 is 0 Å². The number of amides is 2. The van der Waals surface area contributed by atoms with Crippen molar-refractivity contribution in [3.05, 3.63) is 54.4 Å².